The summed E-state index contributed by atoms with van der Waals surface area (Å²) in [7, 11) is -2.34. The Labute approximate surface area is 175 Å². The fourth-order valence-electron chi connectivity index (χ4n) is 2.75. The SMILES string of the molecule is C[Si](C)(c1cccc(-n2[c-]cnc2F)n1)c1cccc(-n2[c-]cnc2F)n1.[Pd+2]. The Morgan fingerprint density at radius 3 is 1.57 bits per heavy atom. The predicted octanol–water partition coefficient (Wildman–Crippen LogP) is 1.55. The normalized spacial score (nSPS) is 11.3. The molecule has 0 radical (unpaired) electrons. The van der Waals surface area contributed by atoms with Crippen LogP contribution in [0.1, 0.15) is 0 Å². The number of hydrogen-bond donors (Lipinski definition) is 0. The largest absolute Gasteiger partial charge is 2.00 e. The minimum absolute atomic E-state index is 0. The quantitative estimate of drug-likeness (QED) is 0.324. The molecule has 0 saturated heterocycles. The summed E-state index contributed by atoms with van der Waals surface area (Å²) in [6.07, 6.45) is 6.54. The van der Waals surface area contributed by atoms with Gasteiger partial charge >= 0.3 is 20.4 Å². The average molecular weight is 487 g/mol. The van der Waals surface area contributed by atoms with Crippen LogP contribution in [0.25, 0.3) is 11.6 Å². The van der Waals surface area contributed by atoms with Gasteiger partial charge in [-0.05, 0) is 24.5 Å². The molecule has 0 aromatic carbocycles. The summed E-state index contributed by atoms with van der Waals surface area (Å²) in [5.74, 6) is 0.793. The smallest absolute Gasteiger partial charge is 0.423 e. The Bertz CT molecular complexity index is 1020. The van der Waals surface area contributed by atoms with Crippen molar-refractivity contribution in [3.8, 4) is 11.6 Å². The Morgan fingerprint density at radius 2 is 1.21 bits per heavy atom. The van der Waals surface area contributed by atoms with Crippen molar-refractivity contribution in [2.75, 3.05) is 0 Å². The maximum Gasteiger partial charge on any atom is 2.00 e. The number of hydrogen-bond acceptors (Lipinski definition) is 4. The van der Waals surface area contributed by atoms with E-state index in [4.69, 9.17) is 0 Å². The molecule has 0 aliphatic carbocycles. The standard InChI is InChI=1S/C18H14F2N6Si.Pd/c1-27(2,15-7-3-5-13(23-15)25-11-9-21-17(25)19)16-8-4-6-14(24-16)26-12-10-22-18(26)20;/h3-10H,1-2H3;/q-2;+2. The van der Waals surface area contributed by atoms with Crippen molar-refractivity contribution in [3.05, 3.63) is 73.3 Å². The van der Waals surface area contributed by atoms with E-state index < -0.39 is 20.2 Å². The number of aromatic nitrogens is 6. The van der Waals surface area contributed by atoms with E-state index in [9.17, 15) is 8.78 Å². The van der Waals surface area contributed by atoms with Crippen molar-refractivity contribution in [3.63, 3.8) is 0 Å². The van der Waals surface area contributed by atoms with Gasteiger partial charge in [0.25, 0.3) is 0 Å². The molecule has 0 spiro atoms. The summed E-state index contributed by atoms with van der Waals surface area (Å²) >= 11 is 0. The van der Waals surface area contributed by atoms with Crippen molar-refractivity contribution < 1.29 is 29.2 Å². The third kappa shape index (κ3) is 3.58. The molecule has 0 fully saturated rings. The molecule has 4 heterocycles. The van der Waals surface area contributed by atoms with E-state index in [0.717, 1.165) is 19.8 Å². The van der Waals surface area contributed by atoms with Crippen LogP contribution in [-0.4, -0.2) is 37.1 Å². The van der Waals surface area contributed by atoms with E-state index in [1.54, 1.807) is 12.1 Å². The first-order valence-electron chi connectivity index (χ1n) is 8.14. The average Bonchev–Trinajstić information content (AvgIpc) is 3.30. The molecule has 6 nitrogen and oxygen atoms in total. The van der Waals surface area contributed by atoms with Gasteiger partial charge < -0.3 is 19.1 Å². The van der Waals surface area contributed by atoms with Gasteiger partial charge in [-0.1, -0.05) is 49.8 Å². The predicted molar refractivity (Wildman–Crippen MR) is 97.1 cm³/mol. The van der Waals surface area contributed by atoms with Crippen molar-refractivity contribution in [2.24, 2.45) is 0 Å². The van der Waals surface area contributed by atoms with Crippen LogP contribution >= 0.6 is 0 Å². The molecule has 4 rings (SSSR count). The van der Waals surface area contributed by atoms with Gasteiger partial charge in [0, 0.05) is 22.3 Å². The van der Waals surface area contributed by atoms with Crippen molar-refractivity contribution in [2.45, 2.75) is 13.1 Å². The zero-order chi connectivity index (χ0) is 19.0. The van der Waals surface area contributed by atoms with E-state index in [1.807, 2.05) is 24.3 Å². The van der Waals surface area contributed by atoms with Crippen LogP contribution in [-0.2, 0) is 20.4 Å². The molecule has 10 heteroatoms. The fraction of sp³-hybridized carbons (Fsp3) is 0.111. The number of rotatable bonds is 4. The van der Waals surface area contributed by atoms with Gasteiger partial charge in [0.1, 0.15) is 0 Å². The van der Waals surface area contributed by atoms with Gasteiger partial charge in [-0.3, -0.25) is 9.97 Å². The van der Waals surface area contributed by atoms with Gasteiger partial charge in [-0.15, -0.1) is 0 Å². The second kappa shape index (κ2) is 7.83. The van der Waals surface area contributed by atoms with E-state index in [-0.39, 0.29) is 20.4 Å². The minimum atomic E-state index is -2.34. The summed E-state index contributed by atoms with van der Waals surface area (Å²) in [6, 6.07) is 10.8. The van der Waals surface area contributed by atoms with Crippen LogP contribution in [0.5, 0.6) is 0 Å². The summed E-state index contributed by atoms with van der Waals surface area (Å²) in [6.45, 7) is 4.15. The third-order valence-electron chi connectivity index (χ3n) is 4.29. The summed E-state index contributed by atoms with van der Waals surface area (Å²) in [5.41, 5.74) is 0. The zero-order valence-corrected chi connectivity index (χ0v) is 17.4. The summed E-state index contributed by atoms with van der Waals surface area (Å²) < 4.78 is 29.9. The molecule has 4 aromatic rings. The van der Waals surface area contributed by atoms with Crippen LogP contribution in [0.2, 0.25) is 13.1 Å². The molecule has 0 N–H and O–H groups in total. The molecule has 0 amide bonds. The monoisotopic (exact) mass is 486 g/mol. The van der Waals surface area contributed by atoms with Crippen LogP contribution < -0.4 is 10.6 Å². The molecule has 0 unspecified atom stereocenters. The molecule has 0 saturated carbocycles. The first-order chi connectivity index (χ1) is 13.0. The molecule has 144 valence electrons. The van der Waals surface area contributed by atoms with E-state index in [2.05, 4.69) is 45.4 Å². The Kier molecular flexibility index (Phi) is 5.65. The second-order valence-electron chi connectivity index (χ2n) is 6.37. The summed E-state index contributed by atoms with van der Waals surface area (Å²) in [5, 5.41) is 1.61. The van der Waals surface area contributed by atoms with Crippen molar-refractivity contribution >= 4 is 18.7 Å². The van der Waals surface area contributed by atoms with E-state index in [1.165, 1.54) is 12.4 Å². The molecule has 4 aromatic heterocycles. The maximum atomic E-state index is 13.8. The molecule has 0 aliphatic heterocycles. The van der Waals surface area contributed by atoms with Gasteiger partial charge in [-0.25, -0.2) is 8.78 Å². The molecule has 0 bridgehead atoms. The van der Waals surface area contributed by atoms with Gasteiger partial charge in [-0.2, -0.15) is 0 Å². The Balaban J connectivity index is 0.00000225. The Morgan fingerprint density at radius 1 is 0.786 bits per heavy atom. The maximum absolute atomic E-state index is 13.8. The van der Waals surface area contributed by atoms with E-state index >= 15 is 0 Å². The topological polar surface area (TPSA) is 61.4 Å². The van der Waals surface area contributed by atoms with E-state index in [0.29, 0.717) is 11.6 Å². The van der Waals surface area contributed by atoms with Crippen LogP contribution in [0, 0.1) is 24.6 Å². The minimum Gasteiger partial charge on any atom is -0.423 e. The molecular weight excluding hydrogens is 473 g/mol. The molecule has 0 aliphatic rings. The summed E-state index contributed by atoms with van der Waals surface area (Å²) in [4.78, 5) is 16.3. The first kappa shape index (κ1) is 20.2. The van der Waals surface area contributed by atoms with Crippen molar-refractivity contribution in [1.82, 2.24) is 29.1 Å². The van der Waals surface area contributed by atoms with Gasteiger partial charge in [0.05, 0.1) is 0 Å². The molecule has 0 atom stereocenters. The van der Waals surface area contributed by atoms with Crippen molar-refractivity contribution in [1.29, 1.82) is 0 Å². The fourth-order valence-corrected chi connectivity index (χ4v) is 4.82. The van der Waals surface area contributed by atoms with Crippen LogP contribution in [0.15, 0.2) is 48.8 Å². The number of halogens is 2. The van der Waals surface area contributed by atoms with Gasteiger partial charge in [0.15, 0.2) is 20.2 Å². The molecule has 28 heavy (non-hydrogen) atoms. The number of nitrogens with zero attached hydrogens (tertiary/aromatic N) is 6. The van der Waals surface area contributed by atoms with Crippen LogP contribution in [0.3, 0.4) is 0 Å². The molecular formula is C18H14F2N6PdSi. The van der Waals surface area contributed by atoms with Crippen LogP contribution in [0.4, 0.5) is 8.78 Å². The third-order valence-corrected chi connectivity index (χ3v) is 7.41. The first-order valence-corrected chi connectivity index (χ1v) is 11.1. The number of imidazole rings is 2. The zero-order valence-electron chi connectivity index (χ0n) is 14.9. The Hall–Kier alpha value is -2.54. The second-order valence-corrected chi connectivity index (χ2v) is 10.6. The van der Waals surface area contributed by atoms with Gasteiger partial charge in [0.2, 0.25) is 0 Å². The number of pyridine rings is 2.